The summed E-state index contributed by atoms with van der Waals surface area (Å²) in [5.41, 5.74) is 1.60. The van der Waals surface area contributed by atoms with Crippen molar-refractivity contribution in [3.8, 4) is 5.69 Å². The molecule has 0 radical (unpaired) electrons. The fraction of sp³-hybridized carbons (Fsp3) is 0.211. The highest BCUT2D eigenvalue weighted by Crippen LogP contribution is 2.23. The van der Waals surface area contributed by atoms with Crippen molar-refractivity contribution in [2.75, 3.05) is 11.4 Å². The molecule has 0 unspecified atom stereocenters. The molecule has 0 N–H and O–H groups in total. The second-order valence-corrected chi connectivity index (χ2v) is 6.18. The van der Waals surface area contributed by atoms with Gasteiger partial charge in [-0.1, -0.05) is 32.0 Å². The highest BCUT2D eigenvalue weighted by atomic mass is 19.1. The maximum atomic E-state index is 14.1. The SMILES string of the molecule is CC(C)CN(C(=O)c1ccccc1F)c1cccc(-n2cnnc2)c1. The van der Waals surface area contributed by atoms with Crippen LogP contribution in [0.4, 0.5) is 10.1 Å². The number of hydrogen-bond acceptors (Lipinski definition) is 3. The van der Waals surface area contributed by atoms with Crippen molar-refractivity contribution in [2.24, 2.45) is 5.92 Å². The minimum Gasteiger partial charge on any atom is -0.308 e. The van der Waals surface area contributed by atoms with Crippen LogP contribution < -0.4 is 4.90 Å². The van der Waals surface area contributed by atoms with Crippen molar-refractivity contribution in [1.82, 2.24) is 14.8 Å². The topological polar surface area (TPSA) is 51.0 Å². The predicted molar refractivity (Wildman–Crippen MR) is 94.3 cm³/mol. The molecule has 1 heterocycles. The third-order valence-electron chi connectivity index (χ3n) is 3.76. The summed E-state index contributed by atoms with van der Waals surface area (Å²) in [5, 5.41) is 7.60. The van der Waals surface area contributed by atoms with Gasteiger partial charge in [0.1, 0.15) is 18.5 Å². The van der Waals surface area contributed by atoms with Crippen molar-refractivity contribution < 1.29 is 9.18 Å². The van der Waals surface area contributed by atoms with E-state index in [9.17, 15) is 9.18 Å². The first-order valence-electron chi connectivity index (χ1n) is 8.07. The lowest BCUT2D eigenvalue weighted by Gasteiger charge is -2.25. The predicted octanol–water partition coefficient (Wildman–Crippen LogP) is 3.71. The normalized spacial score (nSPS) is 10.9. The molecule has 128 valence electrons. The fourth-order valence-electron chi connectivity index (χ4n) is 2.61. The fourth-order valence-corrected chi connectivity index (χ4v) is 2.61. The number of halogens is 1. The lowest BCUT2D eigenvalue weighted by molar-refractivity contribution is 0.0980. The van der Waals surface area contributed by atoms with Gasteiger partial charge >= 0.3 is 0 Å². The van der Waals surface area contributed by atoms with E-state index in [1.807, 2.05) is 38.1 Å². The molecular formula is C19H19FN4O. The van der Waals surface area contributed by atoms with Crippen molar-refractivity contribution in [2.45, 2.75) is 13.8 Å². The highest BCUT2D eigenvalue weighted by Gasteiger charge is 2.21. The Bertz CT molecular complexity index is 861. The molecule has 0 aliphatic carbocycles. The van der Waals surface area contributed by atoms with Crippen molar-refractivity contribution >= 4 is 11.6 Å². The van der Waals surface area contributed by atoms with E-state index in [2.05, 4.69) is 10.2 Å². The average Bonchev–Trinajstić information content (AvgIpc) is 3.14. The summed E-state index contributed by atoms with van der Waals surface area (Å²) in [5.74, 6) is -0.641. The van der Waals surface area contributed by atoms with Gasteiger partial charge in [-0.2, -0.15) is 0 Å². The Balaban J connectivity index is 2.00. The van der Waals surface area contributed by atoms with Gasteiger partial charge in [-0.05, 0) is 36.2 Å². The summed E-state index contributed by atoms with van der Waals surface area (Å²) < 4.78 is 15.8. The molecule has 0 saturated carbocycles. The average molecular weight is 338 g/mol. The molecular weight excluding hydrogens is 319 g/mol. The summed E-state index contributed by atoms with van der Waals surface area (Å²) in [6.45, 7) is 4.52. The van der Waals surface area contributed by atoms with E-state index in [4.69, 9.17) is 0 Å². The van der Waals surface area contributed by atoms with Gasteiger partial charge in [-0.25, -0.2) is 4.39 Å². The van der Waals surface area contributed by atoms with Gasteiger partial charge in [0.15, 0.2) is 0 Å². The zero-order valence-corrected chi connectivity index (χ0v) is 14.1. The number of nitrogens with zero attached hydrogens (tertiary/aromatic N) is 4. The van der Waals surface area contributed by atoms with Gasteiger partial charge in [0.05, 0.1) is 11.3 Å². The van der Waals surface area contributed by atoms with Crippen LogP contribution in [-0.4, -0.2) is 27.2 Å². The molecule has 3 rings (SSSR count). The molecule has 0 atom stereocenters. The molecule has 5 nitrogen and oxygen atoms in total. The first-order valence-corrected chi connectivity index (χ1v) is 8.07. The molecule has 2 aromatic carbocycles. The maximum absolute atomic E-state index is 14.1. The van der Waals surface area contributed by atoms with Crippen LogP contribution in [0, 0.1) is 11.7 Å². The summed E-state index contributed by atoms with van der Waals surface area (Å²) in [6.07, 6.45) is 3.18. The number of amides is 1. The van der Waals surface area contributed by atoms with E-state index >= 15 is 0 Å². The zero-order chi connectivity index (χ0) is 17.8. The lowest BCUT2D eigenvalue weighted by atomic mass is 10.1. The highest BCUT2D eigenvalue weighted by molar-refractivity contribution is 6.06. The van der Waals surface area contributed by atoms with E-state index < -0.39 is 5.82 Å². The van der Waals surface area contributed by atoms with Crippen LogP contribution in [0.5, 0.6) is 0 Å². The molecule has 25 heavy (non-hydrogen) atoms. The molecule has 0 saturated heterocycles. The van der Waals surface area contributed by atoms with Crippen molar-refractivity contribution in [3.63, 3.8) is 0 Å². The summed E-state index contributed by atoms with van der Waals surface area (Å²) in [7, 11) is 0. The molecule has 6 heteroatoms. The van der Waals surface area contributed by atoms with Crippen LogP contribution in [-0.2, 0) is 0 Å². The van der Waals surface area contributed by atoms with Crippen LogP contribution in [0.2, 0.25) is 0 Å². The molecule has 0 aliphatic heterocycles. The third kappa shape index (κ3) is 3.74. The minimum atomic E-state index is -0.517. The minimum absolute atomic E-state index is 0.0675. The molecule has 1 aromatic heterocycles. The second kappa shape index (κ2) is 7.25. The number of hydrogen-bond donors (Lipinski definition) is 0. The van der Waals surface area contributed by atoms with E-state index in [1.54, 1.807) is 34.3 Å². The summed E-state index contributed by atoms with van der Waals surface area (Å²) in [6, 6.07) is 13.5. The maximum Gasteiger partial charge on any atom is 0.261 e. The van der Waals surface area contributed by atoms with Gasteiger partial charge in [-0.3, -0.25) is 9.36 Å². The monoisotopic (exact) mass is 338 g/mol. The smallest absolute Gasteiger partial charge is 0.261 e. The van der Waals surface area contributed by atoms with E-state index in [0.717, 1.165) is 5.69 Å². The summed E-state index contributed by atoms with van der Waals surface area (Å²) in [4.78, 5) is 14.6. The van der Waals surface area contributed by atoms with Gasteiger partial charge in [0.25, 0.3) is 5.91 Å². The Labute approximate surface area is 145 Å². The molecule has 0 aliphatic rings. The van der Waals surface area contributed by atoms with Gasteiger partial charge in [0, 0.05) is 12.2 Å². The van der Waals surface area contributed by atoms with Crippen LogP contribution in [0.25, 0.3) is 5.69 Å². The zero-order valence-electron chi connectivity index (χ0n) is 14.1. The first-order chi connectivity index (χ1) is 12.1. The van der Waals surface area contributed by atoms with E-state index in [1.165, 1.54) is 12.1 Å². The molecule has 0 fully saturated rings. The molecule has 3 aromatic rings. The number of carbonyl (C=O) groups is 1. The quantitative estimate of drug-likeness (QED) is 0.712. The number of rotatable bonds is 5. The molecule has 0 spiro atoms. The Kier molecular flexibility index (Phi) is 4.88. The Morgan fingerprint density at radius 2 is 1.84 bits per heavy atom. The first kappa shape index (κ1) is 16.8. The second-order valence-electron chi connectivity index (χ2n) is 6.18. The Morgan fingerprint density at radius 3 is 2.52 bits per heavy atom. The van der Waals surface area contributed by atoms with Crippen molar-refractivity contribution in [1.29, 1.82) is 0 Å². The van der Waals surface area contributed by atoms with Crippen LogP contribution >= 0.6 is 0 Å². The standard InChI is InChI=1S/C19H19FN4O/c1-14(2)11-24(19(25)17-8-3-4-9-18(17)20)16-7-5-6-15(10-16)23-12-21-22-13-23/h3-10,12-14H,11H2,1-2H3. The largest absolute Gasteiger partial charge is 0.308 e. The molecule has 1 amide bonds. The number of aromatic nitrogens is 3. The molecule has 0 bridgehead atoms. The van der Waals surface area contributed by atoms with Gasteiger partial charge in [-0.15, -0.1) is 10.2 Å². The number of anilines is 1. The Morgan fingerprint density at radius 1 is 1.12 bits per heavy atom. The van der Waals surface area contributed by atoms with Gasteiger partial charge < -0.3 is 4.90 Å². The van der Waals surface area contributed by atoms with Gasteiger partial charge in [0.2, 0.25) is 0 Å². The summed E-state index contributed by atoms with van der Waals surface area (Å²) >= 11 is 0. The van der Waals surface area contributed by atoms with Crippen LogP contribution in [0.1, 0.15) is 24.2 Å². The van der Waals surface area contributed by atoms with E-state index in [-0.39, 0.29) is 17.4 Å². The van der Waals surface area contributed by atoms with Crippen LogP contribution in [0.3, 0.4) is 0 Å². The lowest BCUT2D eigenvalue weighted by Crippen LogP contribution is -2.34. The van der Waals surface area contributed by atoms with Crippen LogP contribution in [0.15, 0.2) is 61.2 Å². The third-order valence-corrected chi connectivity index (χ3v) is 3.76. The number of carbonyl (C=O) groups excluding carboxylic acids is 1. The van der Waals surface area contributed by atoms with Crippen molar-refractivity contribution in [3.05, 3.63) is 72.6 Å². The Hall–Kier alpha value is -3.02. The number of benzene rings is 2. The van der Waals surface area contributed by atoms with E-state index in [0.29, 0.717) is 12.2 Å².